The van der Waals surface area contributed by atoms with Gasteiger partial charge in [0.2, 0.25) is 0 Å². The molecular formula is C18H17O4P. The van der Waals surface area contributed by atoms with E-state index in [1.807, 2.05) is 60.7 Å². The quantitative estimate of drug-likeness (QED) is 0.745. The summed E-state index contributed by atoms with van der Waals surface area (Å²) < 4.78 is 28.6. The molecular weight excluding hydrogens is 311 g/mol. The van der Waals surface area contributed by atoms with Crippen LogP contribution in [0, 0.1) is 0 Å². The molecule has 0 radical (unpaired) electrons. The molecule has 0 saturated heterocycles. The molecule has 118 valence electrons. The summed E-state index contributed by atoms with van der Waals surface area (Å²) in [7, 11) is -0.312. The van der Waals surface area contributed by atoms with Crippen LogP contribution >= 0.6 is 7.60 Å². The predicted octanol–water partition coefficient (Wildman–Crippen LogP) is 4.95. The first-order valence-corrected chi connectivity index (χ1v) is 8.74. The third kappa shape index (κ3) is 3.39. The van der Waals surface area contributed by atoms with Gasteiger partial charge in [-0.15, -0.1) is 0 Å². The van der Waals surface area contributed by atoms with Crippen LogP contribution in [-0.4, -0.2) is 14.2 Å². The van der Waals surface area contributed by atoms with E-state index in [9.17, 15) is 4.57 Å². The van der Waals surface area contributed by atoms with Crippen molar-refractivity contribution in [2.24, 2.45) is 0 Å². The number of methoxy groups -OCH3 is 1. The van der Waals surface area contributed by atoms with E-state index in [4.69, 9.17) is 13.8 Å². The maximum absolute atomic E-state index is 12.7. The second-order valence-electron chi connectivity index (χ2n) is 5.00. The van der Waals surface area contributed by atoms with Crippen molar-refractivity contribution in [1.29, 1.82) is 0 Å². The lowest BCUT2D eigenvalue weighted by atomic mass is 10.0. The van der Waals surface area contributed by atoms with Crippen LogP contribution in [0.3, 0.4) is 0 Å². The van der Waals surface area contributed by atoms with E-state index in [1.54, 1.807) is 12.9 Å². The minimum Gasteiger partial charge on any atom is -0.497 e. The Kier molecular flexibility index (Phi) is 4.37. The first-order valence-electron chi connectivity index (χ1n) is 7.13. The standard InChI is InChI=1S/C18H17O4P/c1-20-17-10-8-14(9-11-17)16-12-18(15-6-4-3-5-7-15)22-23(19,13-16)21-2/h3-13H,1-2H3. The van der Waals surface area contributed by atoms with Gasteiger partial charge in [0.1, 0.15) is 11.5 Å². The Morgan fingerprint density at radius 1 is 0.913 bits per heavy atom. The number of hydrogen-bond donors (Lipinski definition) is 0. The monoisotopic (exact) mass is 328 g/mol. The van der Waals surface area contributed by atoms with Crippen LogP contribution in [0.2, 0.25) is 0 Å². The summed E-state index contributed by atoms with van der Waals surface area (Å²) in [5.41, 5.74) is 2.56. The molecule has 2 aromatic carbocycles. The Hall–Kier alpha value is -2.29. The Labute approximate surface area is 135 Å². The molecule has 1 heterocycles. The first-order chi connectivity index (χ1) is 11.1. The second-order valence-corrected chi connectivity index (χ2v) is 6.89. The zero-order valence-corrected chi connectivity index (χ0v) is 13.8. The van der Waals surface area contributed by atoms with Crippen molar-refractivity contribution >= 4 is 18.9 Å². The fourth-order valence-corrected chi connectivity index (χ4v) is 3.54. The van der Waals surface area contributed by atoms with Crippen LogP contribution in [0.4, 0.5) is 0 Å². The van der Waals surface area contributed by atoms with E-state index in [0.29, 0.717) is 5.76 Å². The molecule has 2 aromatic rings. The Morgan fingerprint density at radius 3 is 2.22 bits per heavy atom. The minimum absolute atomic E-state index is 0.532. The summed E-state index contributed by atoms with van der Waals surface area (Å²) in [5, 5.41) is 0. The number of ether oxygens (including phenoxy) is 1. The van der Waals surface area contributed by atoms with E-state index in [2.05, 4.69) is 0 Å². The maximum atomic E-state index is 12.7. The van der Waals surface area contributed by atoms with Crippen molar-refractivity contribution in [3.63, 3.8) is 0 Å². The third-order valence-electron chi connectivity index (χ3n) is 3.55. The molecule has 0 saturated carbocycles. The van der Waals surface area contributed by atoms with Gasteiger partial charge in [-0.3, -0.25) is 0 Å². The molecule has 5 heteroatoms. The van der Waals surface area contributed by atoms with Crippen LogP contribution in [0.1, 0.15) is 11.1 Å². The third-order valence-corrected chi connectivity index (χ3v) is 5.10. The van der Waals surface area contributed by atoms with E-state index in [1.165, 1.54) is 7.11 Å². The SMILES string of the molecule is COc1ccc(C2=CP(=O)(OC)OC(c3ccccc3)=C2)cc1. The maximum Gasteiger partial charge on any atom is 0.403 e. The molecule has 0 spiro atoms. The van der Waals surface area contributed by atoms with Gasteiger partial charge < -0.3 is 13.8 Å². The molecule has 0 aliphatic carbocycles. The molecule has 1 aliphatic heterocycles. The summed E-state index contributed by atoms with van der Waals surface area (Å²) in [4.78, 5) is 0. The normalized spacial score (nSPS) is 20.3. The van der Waals surface area contributed by atoms with Gasteiger partial charge in [0.15, 0.2) is 0 Å². The molecule has 0 aromatic heterocycles. The van der Waals surface area contributed by atoms with Gasteiger partial charge in [0, 0.05) is 18.5 Å². The van der Waals surface area contributed by atoms with Gasteiger partial charge in [0.05, 0.1) is 7.11 Å². The smallest absolute Gasteiger partial charge is 0.403 e. The molecule has 0 bridgehead atoms. The minimum atomic E-state index is -3.32. The Balaban J connectivity index is 2.05. The summed E-state index contributed by atoms with van der Waals surface area (Å²) in [6.45, 7) is 0. The van der Waals surface area contributed by atoms with Gasteiger partial charge in [-0.2, -0.15) is 0 Å². The highest BCUT2D eigenvalue weighted by molar-refractivity contribution is 7.57. The Bertz CT molecular complexity index is 792. The highest BCUT2D eigenvalue weighted by Crippen LogP contribution is 2.57. The van der Waals surface area contributed by atoms with Crippen molar-refractivity contribution in [2.45, 2.75) is 0 Å². The summed E-state index contributed by atoms with van der Waals surface area (Å²) in [6.07, 6.45) is 1.87. The van der Waals surface area contributed by atoms with Crippen LogP contribution in [0.25, 0.3) is 11.3 Å². The largest absolute Gasteiger partial charge is 0.497 e. The number of rotatable bonds is 4. The summed E-state index contributed by atoms with van der Waals surface area (Å²) in [5.74, 6) is 2.84. The fraction of sp³-hybridized carbons (Fsp3) is 0.111. The second kappa shape index (κ2) is 6.45. The number of hydrogen-bond acceptors (Lipinski definition) is 4. The van der Waals surface area contributed by atoms with Gasteiger partial charge >= 0.3 is 7.60 Å². The van der Waals surface area contributed by atoms with Crippen molar-refractivity contribution in [1.82, 2.24) is 0 Å². The molecule has 1 aliphatic rings. The lowest BCUT2D eigenvalue weighted by Gasteiger charge is -2.22. The van der Waals surface area contributed by atoms with Crippen LogP contribution in [-0.2, 0) is 13.6 Å². The molecule has 0 amide bonds. The molecule has 3 rings (SSSR count). The highest BCUT2D eigenvalue weighted by atomic mass is 31.2. The van der Waals surface area contributed by atoms with E-state index >= 15 is 0 Å². The fourth-order valence-electron chi connectivity index (χ4n) is 2.31. The molecule has 1 unspecified atom stereocenters. The highest BCUT2D eigenvalue weighted by Gasteiger charge is 2.28. The molecule has 23 heavy (non-hydrogen) atoms. The zero-order valence-electron chi connectivity index (χ0n) is 12.9. The average molecular weight is 328 g/mol. The number of allylic oxidation sites excluding steroid dienone is 2. The molecule has 4 nitrogen and oxygen atoms in total. The lowest BCUT2D eigenvalue weighted by molar-refractivity contribution is 0.319. The molecule has 1 atom stereocenters. The van der Waals surface area contributed by atoms with E-state index in [0.717, 1.165) is 22.4 Å². The van der Waals surface area contributed by atoms with Gasteiger partial charge in [-0.1, -0.05) is 42.5 Å². The van der Waals surface area contributed by atoms with E-state index in [-0.39, 0.29) is 0 Å². The van der Waals surface area contributed by atoms with Gasteiger partial charge in [-0.05, 0) is 29.3 Å². The van der Waals surface area contributed by atoms with Crippen LogP contribution in [0.15, 0.2) is 66.5 Å². The molecule has 0 N–H and O–H groups in total. The number of benzene rings is 2. The first kappa shape index (κ1) is 15.6. The van der Waals surface area contributed by atoms with Crippen molar-refractivity contribution in [3.05, 3.63) is 77.6 Å². The van der Waals surface area contributed by atoms with Crippen molar-refractivity contribution in [3.8, 4) is 5.75 Å². The predicted molar refractivity (Wildman–Crippen MR) is 91.1 cm³/mol. The average Bonchev–Trinajstić information content (AvgIpc) is 2.62. The van der Waals surface area contributed by atoms with Crippen LogP contribution < -0.4 is 4.74 Å². The summed E-state index contributed by atoms with van der Waals surface area (Å²) >= 11 is 0. The topological polar surface area (TPSA) is 44.8 Å². The van der Waals surface area contributed by atoms with Gasteiger partial charge in [-0.25, -0.2) is 4.57 Å². The van der Waals surface area contributed by atoms with Crippen LogP contribution in [0.5, 0.6) is 5.75 Å². The molecule has 0 fully saturated rings. The van der Waals surface area contributed by atoms with Crippen molar-refractivity contribution < 1.29 is 18.3 Å². The summed E-state index contributed by atoms with van der Waals surface area (Å²) in [6, 6.07) is 17.1. The van der Waals surface area contributed by atoms with Crippen molar-refractivity contribution in [2.75, 3.05) is 14.2 Å². The lowest BCUT2D eigenvalue weighted by Crippen LogP contribution is -1.98. The van der Waals surface area contributed by atoms with Gasteiger partial charge in [0.25, 0.3) is 0 Å². The van der Waals surface area contributed by atoms with E-state index < -0.39 is 7.60 Å². The Morgan fingerprint density at radius 2 is 1.61 bits per heavy atom. The zero-order chi connectivity index (χ0) is 16.3.